The molecule has 0 atom stereocenters. The van der Waals surface area contributed by atoms with Crippen molar-refractivity contribution in [1.29, 1.82) is 0 Å². The normalized spacial score (nSPS) is 10.4. The van der Waals surface area contributed by atoms with E-state index in [-0.39, 0.29) is 25.4 Å². The first-order chi connectivity index (χ1) is 15.0. The van der Waals surface area contributed by atoms with E-state index in [0.717, 1.165) is 5.75 Å². The molecule has 164 valence electrons. The summed E-state index contributed by atoms with van der Waals surface area (Å²) in [5.41, 5.74) is 3.66. The van der Waals surface area contributed by atoms with E-state index in [1.807, 2.05) is 6.92 Å². The third-order valence-electron chi connectivity index (χ3n) is 3.87. The lowest BCUT2D eigenvalue weighted by Crippen LogP contribution is -2.20. The first-order valence-electron chi connectivity index (χ1n) is 9.64. The molecule has 0 heterocycles. The minimum absolute atomic E-state index is 0.0114. The van der Waals surface area contributed by atoms with E-state index in [2.05, 4.69) is 20.6 Å². The van der Waals surface area contributed by atoms with Crippen LogP contribution in [0, 0.1) is 0 Å². The highest BCUT2D eigenvalue weighted by Crippen LogP contribution is 2.16. The number of anilines is 1. The summed E-state index contributed by atoms with van der Waals surface area (Å²) in [5, 5.41) is 6.58. The number of esters is 1. The fourth-order valence-electron chi connectivity index (χ4n) is 2.37. The third kappa shape index (κ3) is 8.99. The van der Waals surface area contributed by atoms with Gasteiger partial charge in [-0.15, -0.1) is 0 Å². The van der Waals surface area contributed by atoms with Crippen LogP contribution in [0.15, 0.2) is 53.6 Å². The third-order valence-corrected chi connectivity index (χ3v) is 3.87. The standard InChI is InChI=1S/C22H25N3O6/c1-3-30-18-9-7-17(8-10-18)24-20(26)11-12-21(27)25-23-14-16-5-4-6-19(13-16)31-15-22(28)29-2/h4-10,13-14H,3,11-12,15H2,1-2H3,(H,24,26)(H,25,27). The average molecular weight is 427 g/mol. The minimum atomic E-state index is -0.488. The van der Waals surface area contributed by atoms with Gasteiger partial charge in [0.05, 0.1) is 19.9 Å². The number of amides is 2. The zero-order valence-electron chi connectivity index (χ0n) is 17.4. The molecule has 9 heteroatoms. The highest BCUT2D eigenvalue weighted by molar-refractivity contribution is 5.93. The molecule has 2 amide bonds. The zero-order chi connectivity index (χ0) is 22.5. The molecule has 0 saturated heterocycles. The van der Waals surface area contributed by atoms with Gasteiger partial charge in [0.15, 0.2) is 6.61 Å². The van der Waals surface area contributed by atoms with Crippen molar-refractivity contribution in [1.82, 2.24) is 5.43 Å². The number of hydrazone groups is 1. The van der Waals surface area contributed by atoms with Crippen molar-refractivity contribution in [3.8, 4) is 11.5 Å². The highest BCUT2D eigenvalue weighted by atomic mass is 16.6. The van der Waals surface area contributed by atoms with Gasteiger partial charge in [-0.3, -0.25) is 9.59 Å². The lowest BCUT2D eigenvalue weighted by molar-refractivity contribution is -0.142. The monoisotopic (exact) mass is 427 g/mol. The van der Waals surface area contributed by atoms with Crippen molar-refractivity contribution in [3.63, 3.8) is 0 Å². The van der Waals surface area contributed by atoms with Crippen LogP contribution in [0.25, 0.3) is 0 Å². The Balaban J connectivity index is 1.73. The molecule has 2 aromatic carbocycles. The maximum Gasteiger partial charge on any atom is 0.343 e. The minimum Gasteiger partial charge on any atom is -0.494 e. The Hall–Kier alpha value is -3.88. The van der Waals surface area contributed by atoms with Crippen LogP contribution in [-0.2, 0) is 19.1 Å². The van der Waals surface area contributed by atoms with Gasteiger partial charge in [-0.05, 0) is 48.9 Å². The molecule has 2 aromatic rings. The summed E-state index contributed by atoms with van der Waals surface area (Å²) >= 11 is 0. The molecule has 0 aliphatic carbocycles. The van der Waals surface area contributed by atoms with Crippen molar-refractivity contribution in [2.24, 2.45) is 5.10 Å². The lowest BCUT2D eigenvalue weighted by Gasteiger charge is -2.07. The molecule has 0 aliphatic rings. The number of rotatable bonds is 11. The summed E-state index contributed by atoms with van der Waals surface area (Å²) in [6, 6.07) is 13.8. The fourth-order valence-corrected chi connectivity index (χ4v) is 2.37. The molecular weight excluding hydrogens is 402 g/mol. The fraction of sp³-hybridized carbons (Fsp3) is 0.273. The molecule has 9 nitrogen and oxygen atoms in total. The summed E-state index contributed by atoms with van der Waals surface area (Å²) in [5.74, 6) is 0.0257. The van der Waals surface area contributed by atoms with Crippen LogP contribution in [0.2, 0.25) is 0 Å². The van der Waals surface area contributed by atoms with E-state index in [1.165, 1.54) is 13.3 Å². The van der Waals surface area contributed by atoms with Gasteiger partial charge in [-0.1, -0.05) is 12.1 Å². The van der Waals surface area contributed by atoms with Gasteiger partial charge in [-0.2, -0.15) is 5.10 Å². The summed E-state index contributed by atoms with van der Waals surface area (Å²) in [4.78, 5) is 35.0. The van der Waals surface area contributed by atoms with Crippen LogP contribution in [0.4, 0.5) is 5.69 Å². The number of ether oxygens (including phenoxy) is 3. The Morgan fingerprint density at radius 1 is 0.968 bits per heavy atom. The van der Waals surface area contributed by atoms with Gasteiger partial charge < -0.3 is 19.5 Å². The molecule has 0 bridgehead atoms. The summed E-state index contributed by atoms with van der Waals surface area (Å²) in [6.07, 6.45) is 1.44. The SMILES string of the molecule is CCOc1ccc(NC(=O)CCC(=O)NN=Cc2cccc(OCC(=O)OC)c2)cc1. The second-order valence-corrected chi connectivity index (χ2v) is 6.24. The molecule has 0 saturated carbocycles. The van der Waals surface area contributed by atoms with E-state index >= 15 is 0 Å². The number of benzene rings is 2. The van der Waals surface area contributed by atoms with E-state index < -0.39 is 11.9 Å². The zero-order valence-corrected chi connectivity index (χ0v) is 17.4. The van der Waals surface area contributed by atoms with Gasteiger partial charge in [0.1, 0.15) is 11.5 Å². The quantitative estimate of drug-likeness (QED) is 0.323. The predicted octanol–water partition coefficient (Wildman–Crippen LogP) is 2.51. The highest BCUT2D eigenvalue weighted by Gasteiger charge is 2.07. The number of methoxy groups -OCH3 is 1. The molecule has 0 aromatic heterocycles. The maximum atomic E-state index is 12.0. The van der Waals surface area contributed by atoms with Gasteiger partial charge in [-0.25, -0.2) is 10.2 Å². The molecule has 0 aliphatic heterocycles. The van der Waals surface area contributed by atoms with Crippen molar-refractivity contribution < 1.29 is 28.6 Å². The Bertz CT molecular complexity index is 912. The van der Waals surface area contributed by atoms with Crippen LogP contribution in [0.5, 0.6) is 11.5 Å². The van der Waals surface area contributed by atoms with Crippen LogP contribution in [0.1, 0.15) is 25.3 Å². The number of hydrogen-bond acceptors (Lipinski definition) is 7. The number of hydrogen-bond donors (Lipinski definition) is 2. The van der Waals surface area contributed by atoms with Crippen LogP contribution in [0.3, 0.4) is 0 Å². The Labute approximate surface area is 180 Å². The summed E-state index contributed by atoms with van der Waals surface area (Å²) in [6.45, 7) is 2.26. The first-order valence-corrected chi connectivity index (χ1v) is 9.64. The lowest BCUT2D eigenvalue weighted by atomic mass is 10.2. The largest absolute Gasteiger partial charge is 0.494 e. The molecule has 0 spiro atoms. The molecular formula is C22H25N3O6. The van der Waals surface area contributed by atoms with Gasteiger partial charge in [0, 0.05) is 18.5 Å². The van der Waals surface area contributed by atoms with Crippen LogP contribution < -0.4 is 20.2 Å². The van der Waals surface area contributed by atoms with Crippen LogP contribution in [-0.4, -0.2) is 44.3 Å². The van der Waals surface area contributed by atoms with E-state index in [1.54, 1.807) is 48.5 Å². The van der Waals surface area contributed by atoms with E-state index in [0.29, 0.717) is 23.6 Å². The second kappa shape index (κ2) is 12.6. The molecule has 31 heavy (non-hydrogen) atoms. The van der Waals surface area contributed by atoms with Crippen molar-refractivity contribution in [2.75, 3.05) is 25.6 Å². The van der Waals surface area contributed by atoms with Crippen molar-refractivity contribution in [3.05, 3.63) is 54.1 Å². The Morgan fingerprint density at radius 2 is 1.71 bits per heavy atom. The second-order valence-electron chi connectivity index (χ2n) is 6.24. The van der Waals surface area contributed by atoms with E-state index in [9.17, 15) is 14.4 Å². The van der Waals surface area contributed by atoms with Gasteiger partial charge in [0.2, 0.25) is 11.8 Å². The van der Waals surface area contributed by atoms with Crippen molar-refractivity contribution >= 4 is 29.7 Å². The molecule has 2 rings (SSSR count). The smallest absolute Gasteiger partial charge is 0.343 e. The Kier molecular flexibility index (Phi) is 9.54. The topological polar surface area (TPSA) is 115 Å². The molecule has 0 radical (unpaired) electrons. The summed E-state index contributed by atoms with van der Waals surface area (Å²) in [7, 11) is 1.28. The van der Waals surface area contributed by atoms with E-state index in [4.69, 9.17) is 9.47 Å². The van der Waals surface area contributed by atoms with Crippen molar-refractivity contribution in [2.45, 2.75) is 19.8 Å². The molecule has 0 fully saturated rings. The molecule has 0 unspecified atom stereocenters. The number of nitrogens with one attached hydrogen (secondary N) is 2. The summed E-state index contributed by atoms with van der Waals surface area (Å²) < 4.78 is 15.1. The predicted molar refractivity (Wildman–Crippen MR) is 115 cm³/mol. The average Bonchev–Trinajstić information content (AvgIpc) is 2.78. The van der Waals surface area contributed by atoms with Crippen LogP contribution >= 0.6 is 0 Å². The van der Waals surface area contributed by atoms with Gasteiger partial charge >= 0.3 is 5.97 Å². The maximum absolute atomic E-state index is 12.0. The molecule has 2 N–H and O–H groups in total. The number of carbonyl (C=O) groups excluding carboxylic acids is 3. The number of nitrogens with zero attached hydrogens (tertiary/aromatic N) is 1. The number of carbonyl (C=O) groups is 3. The first kappa shape index (κ1) is 23.4. The Morgan fingerprint density at radius 3 is 2.42 bits per heavy atom. The van der Waals surface area contributed by atoms with Gasteiger partial charge in [0.25, 0.3) is 0 Å².